The van der Waals surface area contributed by atoms with Crippen LogP contribution in [0.2, 0.25) is 0 Å². The topological polar surface area (TPSA) is 196 Å². The molecule has 0 aromatic heterocycles. The van der Waals surface area contributed by atoms with Gasteiger partial charge in [0.2, 0.25) is 11.6 Å². The minimum absolute atomic E-state index is 0.103. The van der Waals surface area contributed by atoms with Crippen LogP contribution in [0, 0.1) is 11.8 Å². The van der Waals surface area contributed by atoms with Gasteiger partial charge in [-0.15, -0.1) is 0 Å². The van der Waals surface area contributed by atoms with E-state index in [9.17, 15) is 24.0 Å². The zero-order valence-electron chi connectivity index (χ0n) is 25.8. The standard InChI is InChI=1S/C30H43N3O10/c1-15-11-19-24(35)20(14-21(34)27(19)41-7)33-28(36)16(2)9-8-10-22(39-5)25(42-29(31)37)17(3)13-18(4)26(43-30(32)38)23(12-15)40-6/h9,13-15,18,22-23,25-26H,8,10-12H2,1-7H3,(H2,31,37)(H2,32,38)(H,33,36)/b16-9+,17-13+/t15-,18+,22+,23+,25+,26-/m1/s1. The van der Waals surface area contributed by atoms with Crippen LogP contribution in [-0.2, 0) is 38.1 Å². The average Bonchev–Trinajstić information content (AvgIpc) is 2.93. The van der Waals surface area contributed by atoms with E-state index in [1.807, 2.05) is 6.92 Å². The van der Waals surface area contributed by atoms with E-state index in [1.54, 1.807) is 32.9 Å². The number of nitrogens with one attached hydrogen (secondary N) is 1. The summed E-state index contributed by atoms with van der Waals surface area (Å²) in [5, 5.41) is 2.54. The summed E-state index contributed by atoms with van der Waals surface area (Å²) in [4.78, 5) is 63.0. The van der Waals surface area contributed by atoms with Crippen molar-refractivity contribution < 1.29 is 47.7 Å². The molecular weight excluding hydrogens is 562 g/mol. The number of fused-ring (bicyclic) bond motifs is 2. The molecule has 5 N–H and O–H groups in total. The summed E-state index contributed by atoms with van der Waals surface area (Å²) in [5.74, 6) is -2.55. The van der Waals surface area contributed by atoms with Crippen LogP contribution >= 0.6 is 0 Å². The first-order valence-electron chi connectivity index (χ1n) is 14.0. The van der Waals surface area contributed by atoms with Gasteiger partial charge in [0.25, 0.3) is 5.91 Å². The number of methoxy groups -OCH3 is 3. The van der Waals surface area contributed by atoms with Crippen LogP contribution in [0.4, 0.5) is 9.59 Å². The summed E-state index contributed by atoms with van der Waals surface area (Å²) in [7, 11) is 4.20. The molecule has 0 aromatic carbocycles. The second kappa shape index (κ2) is 16.0. The Morgan fingerprint density at radius 3 is 2.14 bits per heavy atom. The second-order valence-corrected chi connectivity index (χ2v) is 10.8. The molecule has 1 heterocycles. The van der Waals surface area contributed by atoms with E-state index in [4.69, 9.17) is 35.2 Å². The van der Waals surface area contributed by atoms with Crippen LogP contribution in [0.15, 0.2) is 46.4 Å². The Hall–Kier alpha value is -3.97. The molecule has 2 aliphatic rings. The Morgan fingerprint density at radius 1 is 0.953 bits per heavy atom. The van der Waals surface area contributed by atoms with Crippen molar-refractivity contribution in [2.24, 2.45) is 23.3 Å². The van der Waals surface area contributed by atoms with E-state index in [1.165, 1.54) is 21.3 Å². The summed E-state index contributed by atoms with van der Waals surface area (Å²) >= 11 is 0. The summed E-state index contributed by atoms with van der Waals surface area (Å²) in [6.07, 6.45) is 0.354. The van der Waals surface area contributed by atoms with Crippen molar-refractivity contribution in [3.63, 3.8) is 0 Å². The highest BCUT2D eigenvalue weighted by atomic mass is 16.6. The molecule has 0 spiro atoms. The fourth-order valence-corrected chi connectivity index (χ4v) is 5.39. The Labute approximate surface area is 251 Å². The molecule has 1 aliphatic carbocycles. The van der Waals surface area contributed by atoms with Gasteiger partial charge in [-0.1, -0.05) is 26.0 Å². The van der Waals surface area contributed by atoms with Crippen LogP contribution in [0.5, 0.6) is 0 Å². The lowest BCUT2D eigenvalue weighted by molar-refractivity contribution is -0.120. The van der Waals surface area contributed by atoms with Gasteiger partial charge >= 0.3 is 12.2 Å². The van der Waals surface area contributed by atoms with E-state index < -0.39 is 60.0 Å². The first kappa shape index (κ1) is 35.2. The highest BCUT2D eigenvalue weighted by Gasteiger charge is 2.36. The summed E-state index contributed by atoms with van der Waals surface area (Å²) in [6.45, 7) is 6.93. The zero-order chi connectivity index (χ0) is 32.4. The van der Waals surface area contributed by atoms with Crippen molar-refractivity contribution in [3.8, 4) is 0 Å². The molecule has 0 radical (unpaired) electrons. The van der Waals surface area contributed by atoms with Crippen LogP contribution in [0.1, 0.15) is 53.4 Å². The number of primary amides is 2. The number of ether oxygens (including phenoxy) is 5. The summed E-state index contributed by atoms with van der Waals surface area (Å²) < 4.78 is 27.6. The Morgan fingerprint density at radius 2 is 1.58 bits per heavy atom. The van der Waals surface area contributed by atoms with E-state index in [0.29, 0.717) is 24.0 Å². The molecular formula is C30H43N3O10. The minimum Gasteiger partial charge on any atom is -0.492 e. The number of ketones is 2. The molecule has 1 aliphatic heterocycles. The average molecular weight is 606 g/mol. The van der Waals surface area contributed by atoms with Gasteiger partial charge in [-0.2, -0.15) is 0 Å². The fraction of sp³-hybridized carbons (Fsp3) is 0.567. The molecule has 2 rings (SSSR count). The molecule has 13 nitrogen and oxygen atoms in total. The third-order valence-electron chi connectivity index (χ3n) is 7.49. The maximum absolute atomic E-state index is 13.4. The Bertz CT molecular complexity index is 1220. The highest BCUT2D eigenvalue weighted by molar-refractivity contribution is 6.23. The second-order valence-electron chi connectivity index (χ2n) is 10.8. The predicted octanol–water partition coefficient (Wildman–Crippen LogP) is 2.74. The predicted molar refractivity (Wildman–Crippen MR) is 155 cm³/mol. The number of hydrogen-bond acceptors (Lipinski definition) is 10. The Balaban J connectivity index is 2.64. The summed E-state index contributed by atoms with van der Waals surface area (Å²) in [5.41, 5.74) is 11.6. The zero-order valence-corrected chi connectivity index (χ0v) is 25.8. The molecule has 3 amide bonds. The van der Waals surface area contributed by atoms with Gasteiger partial charge in [0.1, 0.15) is 6.10 Å². The number of allylic oxidation sites excluding steroid dienone is 3. The molecule has 0 aromatic rings. The minimum atomic E-state index is -1.01. The maximum Gasteiger partial charge on any atom is 0.405 e. The molecule has 13 heteroatoms. The molecule has 0 unspecified atom stereocenters. The molecule has 2 bridgehead atoms. The first-order chi connectivity index (χ1) is 20.2. The SMILES string of the molecule is COC1=C2C[C@@H](C)C[C@H](OC)[C@H](OC(N)=O)[C@@H](C)/C=C(\C)[C@H](OC(N)=O)[C@@H](OC)CC/C=C(\C)C(=O)NC(=CC1=O)C2=O. The number of carbonyl (C=O) groups is 5. The number of amides is 3. The molecule has 0 saturated carbocycles. The van der Waals surface area contributed by atoms with Gasteiger partial charge < -0.3 is 40.5 Å². The number of nitrogens with two attached hydrogens (primary N) is 2. The third-order valence-corrected chi connectivity index (χ3v) is 7.49. The van der Waals surface area contributed by atoms with Crippen molar-refractivity contribution in [1.82, 2.24) is 5.32 Å². The van der Waals surface area contributed by atoms with E-state index in [2.05, 4.69) is 5.32 Å². The number of carbonyl (C=O) groups excluding carboxylic acids is 5. The Kier molecular flexibility index (Phi) is 13.1. The van der Waals surface area contributed by atoms with Gasteiger partial charge in [-0.05, 0) is 51.0 Å². The lowest BCUT2D eigenvalue weighted by Gasteiger charge is -2.32. The quantitative estimate of drug-likeness (QED) is 0.310. The van der Waals surface area contributed by atoms with E-state index in [0.717, 1.165) is 6.08 Å². The van der Waals surface area contributed by atoms with Crippen molar-refractivity contribution in [3.05, 3.63) is 46.4 Å². The molecule has 0 fully saturated rings. The number of hydrogen-bond donors (Lipinski definition) is 3. The van der Waals surface area contributed by atoms with Crippen molar-refractivity contribution in [1.29, 1.82) is 0 Å². The lowest BCUT2D eigenvalue weighted by atomic mass is 9.85. The molecule has 238 valence electrons. The first-order valence-corrected chi connectivity index (χ1v) is 14.0. The summed E-state index contributed by atoms with van der Waals surface area (Å²) in [6, 6.07) is 0. The smallest absolute Gasteiger partial charge is 0.405 e. The maximum atomic E-state index is 13.4. The van der Waals surface area contributed by atoms with Crippen LogP contribution in [-0.4, -0.2) is 75.4 Å². The number of Topliss-reactive ketones (excluding diaryl/α,β-unsaturated/α-hetero) is 1. The van der Waals surface area contributed by atoms with Crippen LogP contribution in [0.3, 0.4) is 0 Å². The molecule has 0 saturated heterocycles. The van der Waals surface area contributed by atoms with E-state index in [-0.39, 0.29) is 35.8 Å². The lowest BCUT2D eigenvalue weighted by Crippen LogP contribution is -2.41. The van der Waals surface area contributed by atoms with Crippen LogP contribution in [0.25, 0.3) is 0 Å². The van der Waals surface area contributed by atoms with Crippen LogP contribution < -0.4 is 16.8 Å². The highest BCUT2D eigenvalue weighted by Crippen LogP contribution is 2.30. The van der Waals surface area contributed by atoms with Crippen molar-refractivity contribution >= 4 is 29.7 Å². The van der Waals surface area contributed by atoms with E-state index >= 15 is 0 Å². The third kappa shape index (κ3) is 9.52. The number of rotatable bonds is 5. The van der Waals surface area contributed by atoms with Gasteiger partial charge in [0.15, 0.2) is 11.9 Å². The monoisotopic (exact) mass is 605 g/mol. The fourth-order valence-electron chi connectivity index (χ4n) is 5.39. The van der Waals surface area contributed by atoms with Gasteiger partial charge in [0.05, 0.1) is 25.0 Å². The van der Waals surface area contributed by atoms with Gasteiger partial charge in [-0.25, -0.2) is 9.59 Å². The normalized spacial score (nSPS) is 30.7. The van der Waals surface area contributed by atoms with Gasteiger partial charge in [-0.3, -0.25) is 14.4 Å². The largest absolute Gasteiger partial charge is 0.492 e. The van der Waals surface area contributed by atoms with Crippen molar-refractivity contribution in [2.45, 2.75) is 77.8 Å². The van der Waals surface area contributed by atoms with Crippen molar-refractivity contribution in [2.75, 3.05) is 21.3 Å². The van der Waals surface area contributed by atoms with Gasteiger partial charge in [0, 0.05) is 37.4 Å². The molecule has 6 atom stereocenters. The molecule has 43 heavy (non-hydrogen) atoms.